The third-order valence-corrected chi connectivity index (χ3v) is 4.14. The van der Waals surface area contributed by atoms with Gasteiger partial charge in [-0.3, -0.25) is 0 Å². The molecule has 0 N–H and O–H groups in total. The van der Waals surface area contributed by atoms with E-state index in [1.54, 1.807) is 0 Å². The van der Waals surface area contributed by atoms with E-state index >= 15 is 0 Å². The highest BCUT2D eigenvalue weighted by Crippen LogP contribution is 2.32. The lowest BCUT2D eigenvalue weighted by atomic mass is 9.81. The summed E-state index contributed by atoms with van der Waals surface area (Å²) in [5, 5.41) is 0. The molecule has 0 saturated carbocycles. The van der Waals surface area contributed by atoms with E-state index in [1.165, 1.54) is 11.1 Å². The van der Waals surface area contributed by atoms with Crippen LogP contribution in [-0.4, -0.2) is 11.8 Å². The summed E-state index contributed by atoms with van der Waals surface area (Å²) in [4.78, 5) is 0. The molecule has 0 spiro atoms. The highest BCUT2D eigenvalue weighted by atomic mass is 35.5. The molecule has 0 unspecified atom stereocenters. The Balaban J connectivity index is 2.82. The van der Waals surface area contributed by atoms with Crippen LogP contribution in [0.5, 0.6) is 0 Å². The molecule has 0 aliphatic heterocycles. The van der Waals surface area contributed by atoms with Gasteiger partial charge in [0.2, 0.25) is 0 Å². The van der Waals surface area contributed by atoms with Crippen LogP contribution >= 0.6 is 23.2 Å². The minimum absolute atomic E-state index is 0.0612. The van der Waals surface area contributed by atoms with Gasteiger partial charge in [-0.2, -0.15) is 0 Å². The normalized spacial score (nSPS) is 11.8. The molecule has 2 heteroatoms. The van der Waals surface area contributed by atoms with Crippen molar-refractivity contribution in [2.45, 2.75) is 33.1 Å². The SMILES string of the molecule is CCCC(CCl)(CCl)Cc1cccc(C)c1. The van der Waals surface area contributed by atoms with Crippen LogP contribution in [0.2, 0.25) is 0 Å². The molecule has 0 aliphatic rings. The van der Waals surface area contributed by atoms with Gasteiger partial charge in [0.05, 0.1) is 0 Å². The van der Waals surface area contributed by atoms with E-state index in [0.717, 1.165) is 19.3 Å². The molecule has 0 nitrogen and oxygen atoms in total. The van der Waals surface area contributed by atoms with Gasteiger partial charge in [-0.25, -0.2) is 0 Å². The van der Waals surface area contributed by atoms with E-state index in [2.05, 4.69) is 38.1 Å². The van der Waals surface area contributed by atoms with Crippen molar-refractivity contribution in [2.75, 3.05) is 11.8 Å². The van der Waals surface area contributed by atoms with E-state index in [9.17, 15) is 0 Å². The molecule has 0 radical (unpaired) electrons. The quantitative estimate of drug-likeness (QED) is 0.643. The summed E-state index contributed by atoms with van der Waals surface area (Å²) in [5.41, 5.74) is 2.70. The average molecular weight is 259 g/mol. The Morgan fingerprint density at radius 2 is 1.88 bits per heavy atom. The first-order valence-corrected chi connectivity index (χ1v) is 6.90. The Hall–Kier alpha value is -0.200. The molecule has 0 aliphatic carbocycles. The maximum atomic E-state index is 6.11. The van der Waals surface area contributed by atoms with E-state index in [1.807, 2.05) is 0 Å². The van der Waals surface area contributed by atoms with Crippen molar-refractivity contribution in [3.63, 3.8) is 0 Å². The number of hydrogen-bond donors (Lipinski definition) is 0. The van der Waals surface area contributed by atoms with Gasteiger partial charge in [0, 0.05) is 17.2 Å². The molecule has 1 aromatic carbocycles. The first kappa shape index (κ1) is 13.9. The van der Waals surface area contributed by atoms with Crippen LogP contribution in [0.15, 0.2) is 24.3 Å². The zero-order chi connectivity index (χ0) is 12.0. The predicted octanol–water partition coefficient (Wildman–Crippen LogP) is 4.80. The lowest BCUT2D eigenvalue weighted by Crippen LogP contribution is -2.28. The fourth-order valence-corrected chi connectivity index (χ4v) is 2.88. The van der Waals surface area contributed by atoms with Crippen LogP contribution in [0.1, 0.15) is 30.9 Å². The van der Waals surface area contributed by atoms with Crippen molar-refractivity contribution in [3.8, 4) is 0 Å². The van der Waals surface area contributed by atoms with Gasteiger partial charge in [0.1, 0.15) is 0 Å². The fourth-order valence-electron chi connectivity index (χ4n) is 2.14. The summed E-state index contributed by atoms with van der Waals surface area (Å²) >= 11 is 12.2. The van der Waals surface area contributed by atoms with Crippen LogP contribution in [-0.2, 0) is 6.42 Å². The molecule has 0 heterocycles. The molecule has 0 aromatic heterocycles. The summed E-state index contributed by atoms with van der Waals surface area (Å²) in [6.45, 7) is 4.30. The number of hydrogen-bond acceptors (Lipinski definition) is 0. The second-order valence-corrected chi connectivity index (χ2v) is 5.22. The molecular weight excluding hydrogens is 239 g/mol. The first-order valence-electron chi connectivity index (χ1n) is 5.83. The molecule has 90 valence electrons. The van der Waals surface area contributed by atoms with Gasteiger partial charge in [-0.1, -0.05) is 43.2 Å². The van der Waals surface area contributed by atoms with Gasteiger partial charge in [-0.15, -0.1) is 23.2 Å². The molecule has 16 heavy (non-hydrogen) atoms. The summed E-state index contributed by atoms with van der Waals surface area (Å²) in [7, 11) is 0. The summed E-state index contributed by atoms with van der Waals surface area (Å²) in [6, 6.07) is 8.61. The highest BCUT2D eigenvalue weighted by molar-refractivity contribution is 6.21. The third-order valence-electron chi connectivity index (χ3n) is 3.01. The van der Waals surface area contributed by atoms with Crippen molar-refractivity contribution in [3.05, 3.63) is 35.4 Å². The maximum absolute atomic E-state index is 6.11. The molecule has 1 aromatic rings. The second kappa shape index (κ2) is 6.51. The van der Waals surface area contributed by atoms with E-state index in [-0.39, 0.29) is 5.41 Å². The zero-order valence-corrected chi connectivity index (χ0v) is 11.6. The number of halogens is 2. The zero-order valence-electron chi connectivity index (χ0n) is 10.1. The predicted molar refractivity (Wildman–Crippen MR) is 73.7 cm³/mol. The molecule has 0 amide bonds. The highest BCUT2D eigenvalue weighted by Gasteiger charge is 2.27. The van der Waals surface area contributed by atoms with Gasteiger partial charge in [0.15, 0.2) is 0 Å². The topological polar surface area (TPSA) is 0 Å². The van der Waals surface area contributed by atoms with Crippen molar-refractivity contribution < 1.29 is 0 Å². The Bertz CT molecular complexity index is 316. The molecule has 0 bridgehead atoms. The van der Waals surface area contributed by atoms with Crippen LogP contribution in [0.4, 0.5) is 0 Å². The minimum Gasteiger partial charge on any atom is -0.126 e. The van der Waals surface area contributed by atoms with Gasteiger partial charge >= 0.3 is 0 Å². The third kappa shape index (κ3) is 3.68. The Labute approximate surface area is 109 Å². The lowest BCUT2D eigenvalue weighted by molar-refractivity contribution is 0.341. The van der Waals surface area contributed by atoms with Crippen molar-refractivity contribution >= 4 is 23.2 Å². The van der Waals surface area contributed by atoms with E-state index < -0.39 is 0 Å². The average Bonchev–Trinajstić information content (AvgIpc) is 2.28. The number of rotatable bonds is 6. The smallest absolute Gasteiger partial charge is 0.0294 e. The van der Waals surface area contributed by atoms with Crippen LogP contribution in [0, 0.1) is 12.3 Å². The Morgan fingerprint density at radius 3 is 2.38 bits per heavy atom. The van der Waals surface area contributed by atoms with Gasteiger partial charge < -0.3 is 0 Å². The Morgan fingerprint density at radius 1 is 1.19 bits per heavy atom. The number of aryl methyl sites for hydroxylation is 1. The van der Waals surface area contributed by atoms with Crippen molar-refractivity contribution in [2.24, 2.45) is 5.41 Å². The standard InChI is InChI=1S/C14H20Cl2/c1-3-7-14(10-15,11-16)9-13-6-4-5-12(2)8-13/h4-6,8H,3,7,9-11H2,1-2H3. The van der Waals surface area contributed by atoms with Gasteiger partial charge in [-0.05, 0) is 25.3 Å². The molecule has 1 rings (SSSR count). The molecule has 0 saturated heterocycles. The number of benzene rings is 1. The largest absolute Gasteiger partial charge is 0.126 e. The van der Waals surface area contributed by atoms with Crippen LogP contribution < -0.4 is 0 Å². The molecule has 0 atom stereocenters. The second-order valence-electron chi connectivity index (χ2n) is 4.68. The summed E-state index contributed by atoms with van der Waals surface area (Å²) in [5.74, 6) is 1.27. The fraction of sp³-hybridized carbons (Fsp3) is 0.571. The summed E-state index contributed by atoms with van der Waals surface area (Å²) < 4.78 is 0. The van der Waals surface area contributed by atoms with E-state index in [4.69, 9.17) is 23.2 Å². The van der Waals surface area contributed by atoms with Crippen LogP contribution in [0.3, 0.4) is 0 Å². The van der Waals surface area contributed by atoms with E-state index in [0.29, 0.717) is 11.8 Å². The maximum Gasteiger partial charge on any atom is 0.0294 e. The molecule has 0 fully saturated rings. The summed E-state index contributed by atoms with van der Waals surface area (Å²) in [6.07, 6.45) is 3.20. The number of alkyl halides is 2. The lowest BCUT2D eigenvalue weighted by Gasteiger charge is -2.29. The first-order chi connectivity index (χ1) is 7.65. The molecular formula is C14H20Cl2. The van der Waals surface area contributed by atoms with Crippen LogP contribution in [0.25, 0.3) is 0 Å². The van der Waals surface area contributed by atoms with Crippen molar-refractivity contribution in [1.29, 1.82) is 0 Å². The van der Waals surface area contributed by atoms with Gasteiger partial charge in [0.25, 0.3) is 0 Å². The minimum atomic E-state index is 0.0612. The Kier molecular flexibility index (Phi) is 5.64. The van der Waals surface area contributed by atoms with Crippen molar-refractivity contribution in [1.82, 2.24) is 0 Å². The monoisotopic (exact) mass is 258 g/mol.